The van der Waals surface area contributed by atoms with Gasteiger partial charge in [-0.3, -0.25) is 4.79 Å². The molecule has 3 rings (SSSR count). The van der Waals surface area contributed by atoms with Crippen molar-refractivity contribution in [3.8, 4) is 0 Å². The Kier molecular flexibility index (Phi) is 17.0. The first-order valence-corrected chi connectivity index (χ1v) is 20.5. The molecule has 0 amide bonds. The molecule has 0 radical (unpaired) electrons. The number of esters is 1. The van der Waals surface area contributed by atoms with Crippen LogP contribution in [-0.2, 0) is 42.8 Å². The Bertz CT molecular complexity index is 1330. The number of rotatable bonds is 10. The van der Waals surface area contributed by atoms with E-state index in [1.165, 1.54) is 21.1 Å². The number of oxime groups is 1. The fraction of sp³-hybridized carbons (Fsp3) is 0.951. The summed E-state index contributed by atoms with van der Waals surface area (Å²) < 4.78 is 43.1. The lowest BCUT2D eigenvalue weighted by atomic mass is 9.73. The Morgan fingerprint density at radius 1 is 0.912 bits per heavy atom. The van der Waals surface area contributed by atoms with Crippen molar-refractivity contribution in [2.45, 2.75) is 199 Å². The molecule has 0 aromatic rings. The van der Waals surface area contributed by atoms with E-state index in [1.807, 2.05) is 32.8 Å². The summed E-state index contributed by atoms with van der Waals surface area (Å²) in [6.07, 6.45) is -9.46. The number of carbonyl (C=O) groups excluding carboxylic acids is 1. The number of nitrogens with zero attached hydrogens (tertiary/aromatic N) is 2. The van der Waals surface area contributed by atoms with Crippen LogP contribution in [0.5, 0.6) is 0 Å². The molecule has 16 heteroatoms. The lowest BCUT2D eigenvalue weighted by Crippen LogP contribution is -2.61. The van der Waals surface area contributed by atoms with Crippen molar-refractivity contribution < 1.29 is 68.3 Å². The summed E-state index contributed by atoms with van der Waals surface area (Å²) in [5.41, 5.74) is -4.48. The van der Waals surface area contributed by atoms with Crippen molar-refractivity contribution >= 4 is 11.7 Å². The molecule has 0 unspecified atom stereocenters. The van der Waals surface area contributed by atoms with E-state index in [2.05, 4.69) is 5.16 Å². The van der Waals surface area contributed by atoms with E-state index in [4.69, 9.17) is 38.0 Å². The molecule has 0 aromatic heterocycles. The SMILES string of the molecule is CC[C@H]1OC(=O)[C@H](C)[C@@H](O[C@H]2C[C@@](C)(OC)[C@@H](O)[C@H](C)O2)[C@H](C)[C@@H](O[C@H]2O[C@@H](C)C[C@@H](N(C)C)[C@@H]2O)[C@](C)(O)C[C@@H](C)/C(=N\OC(C)(C)OC)[C@H](C)[C@@H](O)[C@]1(C)O. The van der Waals surface area contributed by atoms with Crippen LogP contribution in [0.25, 0.3) is 0 Å². The van der Waals surface area contributed by atoms with Gasteiger partial charge in [-0.1, -0.05) is 32.9 Å². The first kappa shape index (κ1) is 49.8. The number of methoxy groups -OCH3 is 2. The molecule has 0 aliphatic carbocycles. The molecular formula is C41H76N2O14. The Balaban J connectivity index is 2.27. The molecule has 0 spiro atoms. The van der Waals surface area contributed by atoms with Crippen LogP contribution < -0.4 is 0 Å². The molecule has 18 atom stereocenters. The molecule has 0 aromatic carbocycles. The van der Waals surface area contributed by atoms with Gasteiger partial charge in [-0.25, -0.2) is 0 Å². The summed E-state index contributed by atoms with van der Waals surface area (Å²) in [6.45, 7) is 20.3. The second kappa shape index (κ2) is 19.4. The van der Waals surface area contributed by atoms with Crippen LogP contribution in [0.4, 0.5) is 0 Å². The van der Waals surface area contributed by atoms with Gasteiger partial charge in [0.05, 0.1) is 53.4 Å². The first-order valence-electron chi connectivity index (χ1n) is 20.5. The minimum Gasteiger partial charge on any atom is -0.459 e. The topological polar surface area (TPSA) is 208 Å². The summed E-state index contributed by atoms with van der Waals surface area (Å²) in [5.74, 6) is -5.29. The molecule has 0 bridgehead atoms. The van der Waals surface area contributed by atoms with E-state index in [1.54, 1.807) is 62.3 Å². The number of hydrogen-bond acceptors (Lipinski definition) is 16. The molecule has 5 N–H and O–H groups in total. The average molecular weight is 821 g/mol. The lowest BCUT2D eigenvalue weighted by molar-refractivity contribution is -0.317. The maximum atomic E-state index is 14.3. The van der Waals surface area contributed by atoms with Crippen LogP contribution in [0.2, 0.25) is 0 Å². The Morgan fingerprint density at radius 3 is 2.07 bits per heavy atom. The smallest absolute Gasteiger partial charge is 0.311 e. The highest BCUT2D eigenvalue weighted by Crippen LogP contribution is 2.41. The van der Waals surface area contributed by atoms with Crippen molar-refractivity contribution in [1.29, 1.82) is 0 Å². The summed E-state index contributed by atoms with van der Waals surface area (Å²) >= 11 is 0. The van der Waals surface area contributed by atoms with E-state index in [0.717, 1.165) is 0 Å². The van der Waals surface area contributed by atoms with Gasteiger partial charge in [-0.05, 0) is 74.9 Å². The Hall–Kier alpha value is -1.54. The summed E-state index contributed by atoms with van der Waals surface area (Å²) in [4.78, 5) is 22.1. The number of likely N-dealkylation sites (N-methyl/N-ethyl adjacent to an activating group) is 1. The van der Waals surface area contributed by atoms with Crippen LogP contribution in [0, 0.1) is 23.7 Å². The molecule has 3 aliphatic rings. The van der Waals surface area contributed by atoms with Crippen LogP contribution in [0.15, 0.2) is 5.16 Å². The molecule has 0 saturated carbocycles. The van der Waals surface area contributed by atoms with E-state index >= 15 is 0 Å². The lowest BCUT2D eigenvalue weighted by Gasteiger charge is -2.49. The van der Waals surface area contributed by atoms with Crippen molar-refractivity contribution in [2.75, 3.05) is 28.3 Å². The van der Waals surface area contributed by atoms with Gasteiger partial charge >= 0.3 is 5.97 Å². The highest BCUT2D eigenvalue weighted by molar-refractivity contribution is 5.88. The second-order valence-electron chi connectivity index (χ2n) is 18.3. The van der Waals surface area contributed by atoms with Crippen molar-refractivity contribution in [3.05, 3.63) is 0 Å². The number of aliphatic hydroxyl groups excluding tert-OH is 3. The molecule has 57 heavy (non-hydrogen) atoms. The summed E-state index contributed by atoms with van der Waals surface area (Å²) in [5, 5.41) is 63.7. The van der Waals surface area contributed by atoms with Crippen LogP contribution >= 0.6 is 0 Å². The van der Waals surface area contributed by atoms with E-state index in [9.17, 15) is 30.3 Å². The highest BCUT2D eigenvalue weighted by Gasteiger charge is 2.53. The van der Waals surface area contributed by atoms with E-state index < -0.39 is 108 Å². The van der Waals surface area contributed by atoms with Crippen LogP contribution in [0.3, 0.4) is 0 Å². The third kappa shape index (κ3) is 11.4. The zero-order valence-electron chi connectivity index (χ0n) is 37.3. The molecule has 3 saturated heterocycles. The largest absolute Gasteiger partial charge is 0.459 e. The predicted octanol–water partition coefficient (Wildman–Crippen LogP) is 2.97. The molecule has 16 nitrogen and oxygen atoms in total. The molecule has 3 fully saturated rings. The zero-order chi connectivity index (χ0) is 43.6. The fourth-order valence-corrected chi connectivity index (χ4v) is 8.79. The normalized spacial score (nSPS) is 46.7. The van der Waals surface area contributed by atoms with Crippen molar-refractivity contribution in [3.63, 3.8) is 0 Å². The zero-order valence-corrected chi connectivity index (χ0v) is 37.3. The van der Waals surface area contributed by atoms with Gasteiger partial charge in [0.15, 0.2) is 12.6 Å². The number of carbonyl (C=O) groups is 1. The first-order chi connectivity index (χ1) is 26.2. The third-order valence-electron chi connectivity index (χ3n) is 12.7. The fourth-order valence-electron chi connectivity index (χ4n) is 8.79. The number of hydrogen-bond donors (Lipinski definition) is 5. The second-order valence-corrected chi connectivity index (χ2v) is 18.3. The van der Waals surface area contributed by atoms with Crippen molar-refractivity contribution in [1.82, 2.24) is 4.90 Å². The van der Waals surface area contributed by atoms with Gasteiger partial charge in [0.2, 0.25) is 5.79 Å². The van der Waals surface area contributed by atoms with Gasteiger partial charge in [0.1, 0.15) is 23.9 Å². The molecular weight excluding hydrogens is 744 g/mol. The maximum Gasteiger partial charge on any atom is 0.311 e. The highest BCUT2D eigenvalue weighted by atomic mass is 16.8. The van der Waals surface area contributed by atoms with Gasteiger partial charge in [0.25, 0.3) is 0 Å². The van der Waals surface area contributed by atoms with Gasteiger partial charge in [0, 0.05) is 58.3 Å². The third-order valence-corrected chi connectivity index (χ3v) is 12.7. The monoisotopic (exact) mass is 821 g/mol. The van der Waals surface area contributed by atoms with E-state index in [-0.39, 0.29) is 31.4 Å². The Morgan fingerprint density at radius 2 is 1.53 bits per heavy atom. The predicted molar refractivity (Wildman–Crippen MR) is 211 cm³/mol. The molecule has 3 heterocycles. The standard InChI is InChI=1S/C41H76N2O14/c1-17-28-41(12,49)33(45)23(4)30(42-57-38(8,9)50-15)21(2)19-39(10,48)35(56-37-31(44)27(43(13)14)18-22(3)52-37)24(5)32(25(6)36(47)54-28)55-29-20-40(11,51-16)34(46)26(7)53-29/h21-29,31-35,37,44-46,48-49H,17-20H2,1-16H3/b42-30+/t21-,22+,23+,24+,25-,26+,27-,28-,29+,31+,32+,33-,34+,35-,37-,39-,40-,41-/m1/s1. The number of aliphatic hydroxyl groups is 5. The Labute approximate surface area is 340 Å². The average Bonchev–Trinajstić information content (AvgIpc) is 3.13. The van der Waals surface area contributed by atoms with Gasteiger partial charge in [-0.15, -0.1) is 0 Å². The molecule has 334 valence electrons. The summed E-state index contributed by atoms with van der Waals surface area (Å²) in [6, 6.07) is -0.325. The number of ether oxygens (including phenoxy) is 7. The van der Waals surface area contributed by atoms with Crippen molar-refractivity contribution in [2.24, 2.45) is 28.8 Å². The quantitative estimate of drug-likeness (QED) is 0.122. The minimum absolute atomic E-state index is 0.0278. The summed E-state index contributed by atoms with van der Waals surface area (Å²) in [7, 11) is 6.69. The van der Waals surface area contributed by atoms with Gasteiger partial charge < -0.3 is 68.4 Å². The maximum absolute atomic E-state index is 14.3. The van der Waals surface area contributed by atoms with Gasteiger partial charge in [-0.2, -0.15) is 0 Å². The van der Waals surface area contributed by atoms with Crippen LogP contribution in [0.1, 0.15) is 109 Å². The minimum atomic E-state index is -1.96. The number of cyclic esters (lactones) is 1. The molecule has 3 aliphatic heterocycles. The van der Waals surface area contributed by atoms with Crippen LogP contribution in [-0.4, -0.2) is 160 Å². The van der Waals surface area contributed by atoms with E-state index in [0.29, 0.717) is 12.1 Å².